The summed E-state index contributed by atoms with van der Waals surface area (Å²) in [7, 11) is -1.19. The Morgan fingerprint density at radius 1 is 1.13 bits per heavy atom. The lowest BCUT2D eigenvalue weighted by Gasteiger charge is -2.05. The third-order valence-corrected chi connectivity index (χ3v) is 1.74. The van der Waals surface area contributed by atoms with E-state index in [1.54, 1.807) is 6.92 Å². The molecule has 4 nitrogen and oxygen atoms in total. The molecule has 0 aliphatic rings. The average molecular weight is 230 g/mol. The fourth-order valence-electron chi connectivity index (χ4n) is 0.315. The molecule has 0 aliphatic heterocycles. The summed E-state index contributed by atoms with van der Waals surface area (Å²) >= 11 is 0. The molecular formula is C10H18O4Si. The Morgan fingerprint density at radius 3 is 1.53 bits per heavy atom. The summed E-state index contributed by atoms with van der Waals surface area (Å²) < 4.78 is 4.91. The van der Waals surface area contributed by atoms with Crippen LogP contribution in [-0.4, -0.2) is 26.1 Å². The Labute approximate surface area is 92.0 Å². The van der Waals surface area contributed by atoms with Crippen LogP contribution in [0.2, 0.25) is 13.1 Å². The van der Waals surface area contributed by atoms with E-state index >= 15 is 0 Å². The third-order valence-electron chi connectivity index (χ3n) is 1.06. The lowest BCUT2D eigenvalue weighted by molar-refractivity contribution is -0.132. The molecule has 0 spiro atoms. The highest BCUT2D eigenvalue weighted by molar-refractivity contribution is 6.50. The number of carbonyl (C=O) groups is 2. The van der Waals surface area contributed by atoms with Gasteiger partial charge in [-0.2, -0.15) is 0 Å². The number of rotatable bonds is 3. The van der Waals surface area contributed by atoms with Crippen molar-refractivity contribution in [2.75, 3.05) is 0 Å². The molecule has 5 heteroatoms. The molecule has 0 amide bonds. The van der Waals surface area contributed by atoms with E-state index in [9.17, 15) is 9.59 Å². The topological polar surface area (TPSA) is 63.6 Å². The lowest BCUT2D eigenvalue weighted by Crippen LogP contribution is -2.15. The van der Waals surface area contributed by atoms with Crippen molar-refractivity contribution < 1.29 is 19.1 Å². The van der Waals surface area contributed by atoms with Gasteiger partial charge in [0.15, 0.2) is 0 Å². The van der Waals surface area contributed by atoms with Crippen LogP contribution in [0.15, 0.2) is 24.3 Å². The van der Waals surface area contributed by atoms with Crippen molar-refractivity contribution in [2.45, 2.75) is 26.9 Å². The van der Waals surface area contributed by atoms with E-state index in [2.05, 4.69) is 13.2 Å². The van der Waals surface area contributed by atoms with E-state index in [0.29, 0.717) is 5.57 Å². The molecule has 86 valence electrons. The van der Waals surface area contributed by atoms with E-state index in [4.69, 9.17) is 9.53 Å². The molecule has 0 rings (SSSR count). The number of hydrogen-bond acceptors (Lipinski definition) is 3. The quantitative estimate of drug-likeness (QED) is 0.592. The van der Waals surface area contributed by atoms with E-state index in [1.807, 2.05) is 13.1 Å². The van der Waals surface area contributed by atoms with Gasteiger partial charge in [-0.25, -0.2) is 9.59 Å². The SMILES string of the molecule is C=C(C)C(=O)O.C=C(C)C(=O)O[SiH](C)C. The van der Waals surface area contributed by atoms with Crippen LogP contribution in [0, 0.1) is 0 Å². The first-order valence-electron chi connectivity index (χ1n) is 4.43. The zero-order valence-corrected chi connectivity index (χ0v) is 10.8. The Balaban J connectivity index is 0. The fraction of sp³-hybridized carbons (Fsp3) is 0.400. The van der Waals surface area contributed by atoms with Gasteiger partial charge in [-0.15, -0.1) is 0 Å². The van der Waals surface area contributed by atoms with Gasteiger partial charge < -0.3 is 9.53 Å². The van der Waals surface area contributed by atoms with Crippen molar-refractivity contribution >= 4 is 21.0 Å². The minimum atomic E-state index is -1.19. The first-order valence-corrected chi connectivity index (χ1v) is 7.21. The molecule has 15 heavy (non-hydrogen) atoms. The molecule has 1 N–H and O–H groups in total. The average Bonchev–Trinajstić information content (AvgIpc) is 2.03. The van der Waals surface area contributed by atoms with Crippen LogP contribution in [0.3, 0.4) is 0 Å². The second-order valence-corrected chi connectivity index (χ2v) is 5.65. The summed E-state index contributed by atoms with van der Waals surface area (Å²) in [6.45, 7) is 13.6. The van der Waals surface area contributed by atoms with Gasteiger partial charge in [-0.3, -0.25) is 0 Å². The van der Waals surface area contributed by atoms with Gasteiger partial charge in [0.05, 0.1) is 0 Å². The van der Waals surface area contributed by atoms with Crippen LogP contribution in [-0.2, 0) is 14.0 Å². The maximum absolute atomic E-state index is 10.7. The van der Waals surface area contributed by atoms with Gasteiger partial charge in [-0.1, -0.05) is 13.2 Å². The maximum Gasteiger partial charge on any atom is 0.330 e. The summed E-state index contributed by atoms with van der Waals surface area (Å²) in [4.78, 5) is 20.3. The second kappa shape index (κ2) is 7.99. The smallest absolute Gasteiger partial charge is 0.330 e. The molecule has 0 fully saturated rings. The number of aliphatic carboxylic acids is 1. The van der Waals surface area contributed by atoms with Crippen molar-refractivity contribution in [3.05, 3.63) is 24.3 Å². The van der Waals surface area contributed by atoms with Crippen molar-refractivity contribution in [2.24, 2.45) is 0 Å². The second-order valence-electron chi connectivity index (χ2n) is 3.32. The van der Waals surface area contributed by atoms with Crippen molar-refractivity contribution in [3.63, 3.8) is 0 Å². The molecule has 0 radical (unpaired) electrons. The minimum absolute atomic E-state index is 0.176. The van der Waals surface area contributed by atoms with Crippen LogP contribution in [0.1, 0.15) is 13.8 Å². The number of carbonyl (C=O) groups excluding carboxylic acids is 1. The van der Waals surface area contributed by atoms with Gasteiger partial charge in [0.2, 0.25) is 9.04 Å². The highest BCUT2D eigenvalue weighted by Crippen LogP contribution is 1.93. The first-order chi connectivity index (χ1) is 6.68. The minimum Gasteiger partial charge on any atom is -0.519 e. The van der Waals surface area contributed by atoms with Crippen LogP contribution in [0.4, 0.5) is 0 Å². The van der Waals surface area contributed by atoms with Crippen molar-refractivity contribution in [3.8, 4) is 0 Å². The predicted molar refractivity (Wildman–Crippen MR) is 62.2 cm³/mol. The molecule has 0 bridgehead atoms. The summed E-state index contributed by atoms with van der Waals surface area (Å²) in [5.41, 5.74) is 0.659. The summed E-state index contributed by atoms with van der Waals surface area (Å²) in [6, 6.07) is 0. The van der Waals surface area contributed by atoms with E-state index < -0.39 is 15.0 Å². The molecule has 0 unspecified atom stereocenters. The van der Waals surface area contributed by atoms with Gasteiger partial charge >= 0.3 is 11.9 Å². The highest BCUT2D eigenvalue weighted by atomic mass is 28.3. The Morgan fingerprint density at radius 2 is 1.47 bits per heavy atom. The predicted octanol–water partition coefficient (Wildman–Crippen LogP) is 1.74. The zero-order chi connectivity index (χ0) is 12.6. The largest absolute Gasteiger partial charge is 0.519 e. The molecule has 0 aromatic rings. The fourth-order valence-corrected chi connectivity index (χ4v) is 0.944. The standard InChI is InChI=1S/C6H12O2Si.C4H6O2/c1-5(2)6(7)8-9(3)4;1-3(2)4(5)6/h9H,1H2,2-4H3;1H2,2H3,(H,5,6). The molecule has 0 saturated carbocycles. The summed E-state index contributed by atoms with van der Waals surface area (Å²) in [6.07, 6.45) is 0. The number of carboxylic acids is 1. The Bertz CT molecular complexity index is 257. The molecule has 0 aliphatic carbocycles. The lowest BCUT2D eigenvalue weighted by atomic mass is 10.4. The van der Waals surface area contributed by atoms with Crippen LogP contribution in [0.25, 0.3) is 0 Å². The normalized spacial score (nSPS) is 8.60. The molecule has 0 aromatic carbocycles. The van der Waals surface area contributed by atoms with Crippen LogP contribution >= 0.6 is 0 Å². The molecule has 0 heterocycles. The Hall–Kier alpha value is -1.36. The number of carboxylic acid groups (broad SMARTS) is 1. The third kappa shape index (κ3) is 12.6. The van der Waals surface area contributed by atoms with Crippen LogP contribution < -0.4 is 0 Å². The van der Waals surface area contributed by atoms with Gasteiger partial charge in [0.1, 0.15) is 0 Å². The highest BCUT2D eigenvalue weighted by Gasteiger charge is 2.04. The molecule has 0 saturated heterocycles. The summed E-state index contributed by atoms with van der Waals surface area (Å²) in [5, 5.41) is 7.89. The monoisotopic (exact) mass is 230 g/mol. The maximum atomic E-state index is 10.7. The van der Waals surface area contributed by atoms with Gasteiger partial charge in [0, 0.05) is 11.1 Å². The molecule has 0 aromatic heterocycles. The zero-order valence-electron chi connectivity index (χ0n) is 9.66. The van der Waals surface area contributed by atoms with E-state index in [0.717, 1.165) is 0 Å². The van der Waals surface area contributed by atoms with Crippen molar-refractivity contribution in [1.82, 2.24) is 0 Å². The van der Waals surface area contributed by atoms with Crippen LogP contribution in [0.5, 0.6) is 0 Å². The van der Waals surface area contributed by atoms with E-state index in [-0.39, 0.29) is 11.5 Å². The summed E-state index contributed by atoms with van der Waals surface area (Å²) in [5.74, 6) is -1.19. The Kier molecular flexibility index (Phi) is 8.56. The number of hydrogen-bond donors (Lipinski definition) is 1. The van der Waals surface area contributed by atoms with Gasteiger partial charge in [-0.05, 0) is 26.9 Å². The first kappa shape index (κ1) is 16.1. The van der Waals surface area contributed by atoms with E-state index in [1.165, 1.54) is 6.92 Å². The molecular weight excluding hydrogens is 212 g/mol. The van der Waals surface area contributed by atoms with Crippen molar-refractivity contribution in [1.29, 1.82) is 0 Å². The van der Waals surface area contributed by atoms with Gasteiger partial charge in [0.25, 0.3) is 0 Å². The molecule has 0 atom stereocenters.